The molecule has 0 aliphatic carbocycles. The minimum Gasteiger partial charge on any atom is -0.317 e. The second kappa shape index (κ2) is 20.8. The summed E-state index contributed by atoms with van der Waals surface area (Å²) in [6.07, 6.45) is 21.0. The van der Waals surface area contributed by atoms with Crippen LogP contribution in [0.2, 0.25) is 0 Å². The van der Waals surface area contributed by atoms with Gasteiger partial charge in [-0.1, -0.05) is 52.7 Å². The average Bonchev–Trinajstić information content (AvgIpc) is 2.68. The van der Waals surface area contributed by atoms with Gasteiger partial charge >= 0.3 is 0 Å². The molecule has 0 radical (unpaired) electrons. The third-order valence-electron chi connectivity index (χ3n) is 5.50. The zero-order valence-electron chi connectivity index (χ0n) is 19.4. The first-order valence-corrected chi connectivity index (χ1v) is 14.1. The zero-order chi connectivity index (χ0) is 20.2. The molecule has 0 amide bonds. The maximum absolute atomic E-state index is 3.70. The second-order valence-corrected chi connectivity index (χ2v) is 10.6. The van der Waals surface area contributed by atoms with Crippen molar-refractivity contribution in [1.29, 1.82) is 0 Å². The van der Waals surface area contributed by atoms with Crippen LogP contribution in [0.5, 0.6) is 0 Å². The van der Waals surface area contributed by atoms with Gasteiger partial charge < -0.3 is 10.2 Å². The monoisotopic (exact) mass is 398 g/mol. The van der Waals surface area contributed by atoms with Crippen molar-refractivity contribution < 1.29 is 0 Å². The maximum Gasteiger partial charge on any atom is 0.0105 e. The predicted molar refractivity (Wildman–Crippen MR) is 129 cm³/mol. The van der Waals surface area contributed by atoms with Crippen LogP contribution in [-0.2, 0) is 0 Å². The molecule has 0 aromatic carbocycles. The lowest BCUT2D eigenvalue weighted by molar-refractivity contribution is 0.190. The standard InChI is InChI=1S/C24H51N2P/c1-6-10-11-12-13-14-15-16-22-27(5)23-17-19-25-20-18-24(8-3)26(9-4)21-7-2/h13-14,24-25H,6-12,15-23H2,1-5H3/b14-13-. The molecule has 0 fully saturated rings. The molecule has 0 heterocycles. The number of unbranched alkanes of at least 4 members (excludes halogenated alkanes) is 4. The summed E-state index contributed by atoms with van der Waals surface area (Å²) in [5.74, 6) is 0. The molecule has 0 aromatic rings. The Morgan fingerprint density at radius 2 is 1.56 bits per heavy atom. The molecule has 0 aromatic heterocycles. The maximum atomic E-state index is 3.70. The molecule has 27 heavy (non-hydrogen) atoms. The Labute approximate surface area is 173 Å². The zero-order valence-corrected chi connectivity index (χ0v) is 20.3. The summed E-state index contributed by atoms with van der Waals surface area (Å²) in [4.78, 5) is 2.66. The van der Waals surface area contributed by atoms with Crippen LogP contribution in [0, 0.1) is 0 Å². The quantitative estimate of drug-likeness (QED) is 0.136. The van der Waals surface area contributed by atoms with Gasteiger partial charge in [0.05, 0.1) is 0 Å². The van der Waals surface area contributed by atoms with E-state index in [2.05, 4.69) is 56.7 Å². The first-order valence-electron chi connectivity index (χ1n) is 12.0. The van der Waals surface area contributed by atoms with E-state index in [1.807, 2.05) is 0 Å². The molecule has 2 atom stereocenters. The fourth-order valence-corrected chi connectivity index (χ4v) is 5.38. The largest absolute Gasteiger partial charge is 0.317 e. The van der Waals surface area contributed by atoms with Gasteiger partial charge in [0.1, 0.15) is 0 Å². The van der Waals surface area contributed by atoms with Gasteiger partial charge in [0.25, 0.3) is 0 Å². The van der Waals surface area contributed by atoms with Crippen molar-refractivity contribution in [2.45, 2.75) is 97.9 Å². The van der Waals surface area contributed by atoms with Crippen molar-refractivity contribution >= 4 is 7.92 Å². The van der Waals surface area contributed by atoms with Crippen LogP contribution in [0.15, 0.2) is 12.2 Å². The Morgan fingerprint density at radius 1 is 0.852 bits per heavy atom. The first kappa shape index (κ1) is 27.1. The summed E-state index contributed by atoms with van der Waals surface area (Å²) < 4.78 is 0. The summed E-state index contributed by atoms with van der Waals surface area (Å²) in [7, 11) is 0.253. The van der Waals surface area contributed by atoms with E-state index in [1.165, 1.54) is 103 Å². The van der Waals surface area contributed by atoms with E-state index in [4.69, 9.17) is 0 Å². The third-order valence-corrected chi connectivity index (χ3v) is 7.66. The third kappa shape index (κ3) is 16.7. The van der Waals surface area contributed by atoms with Gasteiger partial charge in [-0.25, -0.2) is 0 Å². The van der Waals surface area contributed by atoms with Gasteiger partial charge in [0, 0.05) is 6.04 Å². The lowest BCUT2D eigenvalue weighted by atomic mass is 10.1. The van der Waals surface area contributed by atoms with Crippen molar-refractivity contribution in [3.05, 3.63) is 12.2 Å². The van der Waals surface area contributed by atoms with E-state index >= 15 is 0 Å². The molecule has 0 spiro atoms. The topological polar surface area (TPSA) is 15.3 Å². The van der Waals surface area contributed by atoms with Crippen LogP contribution < -0.4 is 5.32 Å². The van der Waals surface area contributed by atoms with Gasteiger partial charge in [-0.3, -0.25) is 0 Å². The van der Waals surface area contributed by atoms with E-state index in [0.29, 0.717) is 0 Å². The summed E-state index contributed by atoms with van der Waals surface area (Å²) in [5, 5.41) is 3.70. The van der Waals surface area contributed by atoms with Crippen molar-refractivity contribution in [3.63, 3.8) is 0 Å². The van der Waals surface area contributed by atoms with Crippen molar-refractivity contribution in [1.82, 2.24) is 10.2 Å². The van der Waals surface area contributed by atoms with Gasteiger partial charge in [-0.05, 0) is 96.5 Å². The van der Waals surface area contributed by atoms with Crippen LogP contribution in [0.25, 0.3) is 0 Å². The predicted octanol–water partition coefficient (Wildman–Crippen LogP) is 6.90. The molecule has 0 bridgehead atoms. The Balaban J connectivity index is 3.57. The highest BCUT2D eigenvalue weighted by molar-refractivity contribution is 7.56. The van der Waals surface area contributed by atoms with Gasteiger partial charge in [0.15, 0.2) is 0 Å². The molecule has 3 heteroatoms. The second-order valence-electron chi connectivity index (χ2n) is 8.00. The Kier molecular flexibility index (Phi) is 20.9. The van der Waals surface area contributed by atoms with Gasteiger partial charge in [-0.2, -0.15) is 0 Å². The minimum atomic E-state index is 0.253. The number of rotatable bonds is 20. The van der Waals surface area contributed by atoms with Crippen molar-refractivity contribution in [3.8, 4) is 0 Å². The van der Waals surface area contributed by atoms with Crippen LogP contribution in [-0.4, -0.2) is 56.1 Å². The van der Waals surface area contributed by atoms with E-state index < -0.39 is 0 Å². The highest BCUT2D eigenvalue weighted by atomic mass is 31.1. The Bertz CT molecular complexity index is 320. The summed E-state index contributed by atoms with van der Waals surface area (Å²) in [6.45, 7) is 16.5. The fraction of sp³-hybridized carbons (Fsp3) is 0.917. The number of nitrogens with zero attached hydrogens (tertiary/aromatic N) is 1. The number of hydrogen-bond donors (Lipinski definition) is 1. The number of nitrogens with one attached hydrogen (secondary N) is 1. The van der Waals surface area contributed by atoms with E-state index in [9.17, 15) is 0 Å². The molecule has 0 saturated heterocycles. The lowest BCUT2D eigenvalue weighted by Crippen LogP contribution is -2.37. The SMILES string of the molecule is CCCCC/C=C\CCCP(C)CCCNCCC(CC)N(CC)CCC. The highest BCUT2D eigenvalue weighted by Gasteiger charge is 2.13. The Morgan fingerprint density at radius 3 is 2.19 bits per heavy atom. The molecule has 2 unspecified atom stereocenters. The molecule has 2 nitrogen and oxygen atoms in total. The smallest absolute Gasteiger partial charge is 0.0105 e. The molecular formula is C24H51N2P. The molecular weight excluding hydrogens is 347 g/mol. The van der Waals surface area contributed by atoms with Gasteiger partial charge in [0.2, 0.25) is 0 Å². The average molecular weight is 399 g/mol. The molecule has 0 aliphatic rings. The van der Waals surface area contributed by atoms with Crippen LogP contribution in [0.3, 0.4) is 0 Å². The molecule has 0 rings (SSSR count). The summed E-state index contributed by atoms with van der Waals surface area (Å²) in [6, 6.07) is 0.765. The van der Waals surface area contributed by atoms with E-state index in [0.717, 1.165) is 6.04 Å². The van der Waals surface area contributed by atoms with E-state index in [-0.39, 0.29) is 7.92 Å². The number of hydrogen-bond acceptors (Lipinski definition) is 2. The first-order chi connectivity index (χ1) is 13.2. The van der Waals surface area contributed by atoms with Crippen LogP contribution in [0.1, 0.15) is 91.9 Å². The highest BCUT2D eigenvalue weighted by Crippen LogP contribution is 2.32. The van der Waals surface area contributed by atoms with Crippen LogP contribution in [0.4, 0.5) is 0 Å². The van der Waals surface area contributed by atoms with Crippen molar-refractivity contribution in [2.75, 3.05) is 45.2 Å². The van der Waals surface area contributed by atoms with Crippen molar-refractivity contribution in [2.24, 2.45) is 0 Å². The van der Waals surface area contributed by atoms with Crippen LogP contribution >= 0.6 is 7.92 Å². The summed E-state index contributed by atoms with van der Waals surface area (Å²) >= 11 is 0. The van der Waals surface area contributed by atoms with E-state index in [1.54, 1.807) is 0 Å². The Hall–Kier alpha value is 0.0900. The lowest BCUT2D eigenvalue weighted by Gasteiger charge is -2.29. The van der Waals surface area contributed by atoms with Gasteiger partial charge in [-0.15, -0.1) is 7.92 Å². The molecule has 1 N–H and O–H groups in total. The molecule has 0 saturated carbocycles. The molecule has 0 aliphatic heterocycles. The minimum absolute atomic E-state index is 0.253. The number of allylic oxidation sites excluding steroid dienone is 2. The summed E-state index contributed by atoms with van der Waals surface area (Å²) in [5.41, 5.74) is 0. The fourth-order valence-electron chi connectivity index (χ4n) is 3.74. The molecule has 162 valence electrons. The normalized spacial score (nSPS) is 14.3.